The molecule has 0 bridgehead atoms. The van der Waals surface area contributed by atoms with Crippen LogP contribution in [0.4, 0.5) is 18.0 Å². The lowest BCUT2D eigenvalue weighted by atomic mass is 9.94. The first-order chi connectivity index (χ1) is 16.4. The number of imidazole rings is 1. The summed E-state index contributed by atoms with van der Waals surface area (Å²) < 4.78 is 49.8. The number of piperidine rings is 1. The summed E-state index contributed by atoms with van der Waals surface area (Å²) in [4.78, 5) is 20.2. The average molecular weight is 506 g/mol. The third kappa shape index (κ3) is 4.73. The molecule has 4 heterocycles. The Morgan fingerprint density at radius 1 is 1.11 bits per heavy atom. The first-order valence-electron chi connectivity index (χ1n) is 11.4. The predicted octanol–water partition coefficient (Wildman–Crippen LogP) is 6.08. The average Bonchev–Trinajstić information content (AvgIpc) is 3.42. The fraction of sp³-hybridized carbons (Fsp3) is 0.458. The fourth-order valence-corrected chi connectivity index (χ4v) is 5.40. The van der Waals surface area contributed by atoms with Crippen molar-refractivity contribution >= 4 is 33.3 Å². The summed E-state index contributed by atoms with van der Waals surface area (Å²) in [5.41, 5.74) is 0.104. The Morgan fingerprint density at radius 2 is 1.83 bits per heavy atom. The lowest BCUT2D eigenvalue weighted by Gasteiger charge is -2.32. The van der Waals surface area contributed by atoms with Gasteiger partial charge in [0.1, 0.15) is 11.1 Å². The second kappa shape index (κ2) is 8.25. The van der Waals surface area contributed by atoms with Crippen molar-refractivity contribution in [3.8, 4) is 10.4 Å². The van der Waals surface area contributed by atoms with Crippen LogP contribution in [0, 0.1) is 0 Å². The van der Waals surface area contributed by atoms with E-state index < -0.39 is 17.3 Å². The first-order valence-corrected chi connectivity index (χ1v) is 12.2. The van der Waals surface area contributed by atoms with Crippen molar-refractivity contribution in [2.75, 3.05) is 13.1 Å². The minimum atomic E-state index is -4.50. The largest absolute Gasteiger partial charge is 0.444 e. The fourth-order valence-electron chi connectivity index (χ4n) is 4.44. The molecule has 7 nitrogen and oxygen atoms in total. The zero-order valence-corrected chi connectivity index (χ0v) is 20.7. The number of carbonyl (C=O) groups is 1. The van der Waals surface area contributed by atoms with Crippen LogP contribution in [0.5, 0.6) is 0 Å². The van der Waals surface area contributed by atoms with E-state index in [1.165, 1.54) is 16.0 Å². The Kier molecular flexibility index (Phi) is 5.58. The van der Waals surface area contributed by atoms with Crippen LogP contribution in [-0.4, -0.2) is 48.8 Å². The monoisotopic (exact) mass is 505 g/mol. The van der Waals surface area contributed by atoms with Gasteiger partial charge in [-0.2, -0.15) is 18.3 Å². The van der Waals surface area contributed by atoms with E-state index in [2.05, 4.69) is 5.10 Å². The van der Waals surface area contributed by atoms with Crippen LogP contribution in [0.25, 0.3) is 26.3 Å². The summed E-state index contributed by atoms with van der Waals surface area (Å²) in [6.45, 7) is 6.75. The molecule has 5 rings (SSSR count). The number of nitrogens with zero attached hydrogens (tertiary/aromatic N) is 5. The SMILES string of the molecule is Cn1cc2cc(-c3cn4cc(C5CCN(C(=O)OC(C)(C)C)CC5)nc4s3)cc(C(F)(F)F)c2n1. The second-order valence-electron chi connectivity index (χ2n) is 9.95. The van der Waals surface area contributed by atoms with E-state index in [0.29, 0.717) is 28.9 Å². The minimum Gasteiger partial charge on any atom is -0.444 e. The van der Waals surface area contributed by atoms with E-state index >= 15 is 0 Å². The molecule has 0 radical (unpaired) electrons. The maximum absolute atomic E-state index is 13.7. The molecule has 0 spiro atoms. The molecule has 1 aliphatic rings. The highest BCUT2D eigenvalue weighted by Crippen LogP contribution is 2.39. The zero-order chi connectivity index (χ0) is 25.1. The number of aromatic nitrogens is 4. The quantitative estimate of drug-likeness (QED) is 0.331. The van der Waals surface area contributed by atoms with E-state index in [0.717, 1.165) is 29.6 Å². The third-order valence-electron chi connectivity index (χ3n) is 6.05. The van der Waals surface area contributed by atoms with Crippen molar-refractivity contribution in [3.63, 3.8) is 0 Å². The number of likely N-dealkylation sites (tertiary alicyclic amines) is 1. The highest BCUT2D eigenvalue weighted by molar-refractivity contribution is 7.20. The number of aryl methyl sites for hydroxylation is 1. The number of alkyl halides is 3. The Bertz CT molecular complexity index is 1370. The van der Waals surface area contributed by atoms with Crippen molar-refractivity contribution in [2.45, 2.75) is 51.3 Å². The number of thiazole rings is 1. The van der Waals surface area contributed by atoms with Gasteiger partial charge < -0.3 is 9.64 Å². The number of benzene rings is 1. The van der Waals surface area contributed by atoms with Gasteiger partial charge in [-0.05, 0) is 51.3 Å². The van der Waals surface area contributed by atoms with E-state index in [1.807, 2.05) is 37.6 Å². The molecular weight excluding hydrogens is 479 g/mol. The molecule has 1 fully saturated rings. The Labute approximate surface area is 204 Å². The van der Waals surface area contributed by atoms with E-state index in [4.69, 9.17) is 9.72 Å². The molecule has 0 atom stereocenters. The molecule has 1 aliphatic heterocycles. The number of hydrogen-bond acceptors (Lipinski definition) is 5. The Balaban J connectivity index is 1.36. The van der Waals surface area contributed by atoms with Crippen LogP contribution in [0.15, 0.2) is 30.7 Å². The molecule has 0 aliphatic carbocycles. The standard InChI is InChI=1S/C24H26F3N5O2S/c1-23(2,3)34-22(33)31-7-5-14(6-8-31)18-12-32-13-19(35-21(32)28-18)15-9-16-11-30(4)29-20(16)17(10-15)24(25,26)27/h9-14H,5-8H2,1-4H3. The predicted molar refractivity (Wildman–Crippen MR) is 128 cm³/mol. The number of fused-ring (bicyclic) bond motifs is 2. The minimum absolute atomic E-state index is 0.0508. The molecule has 1 amide bonds. The molecule has 35 heavy (non-hydrogen) atoms. The number of hydrogen-bond donors (Lipinski definition) is 0. The maximum atomic E-state index is 13.7. The van der Waals surface area contributed by atoms with Gasteiger partial charge in [0.25, 0.3) is 0 Å². The van der Waals surface area contributed by atoms with Crippen molar-refractivity contribution in [1.82, 2.24) is 24.1 Å². The molecule has 4 aromatic rings. The number of rotatable bonds is 2. The molecule has 0 saturated carbocycles. The van der Waals surface area contributed by atoms with E-state index in [9.17, 15) is 18.0 Å². The van der Waals surface area contributed by atoms with Gasteiger partial charge in [-0.1, -0.05) is 11.3 Å². The van der Waals surface area contributed by atoms with Crippen molar-refractivity contribution in [1.29, 1.82) is 0 Å². The molecule has 0 N–H and O–H groups in total. The van der Waals surface area contributed by atoms with Gasteiger partial charge in [-0.15, -0.1) is 0 Å². The number of ether oxygens (including phenoxy) is 1. The molecule has 3 aromatic heterocycles. The van der Waals surface area contributed by atoms with Crippen molar-refractivity contribution in [3.05, 3.63) is 42.0 Å². The number of halogens is 3. The Morgan fingerprint density at radius 3 is 2.46 bits per heavy atom. The van der Waals surface area contributed by atoms with Gasteiger partial charge >= 0.3 is 12.3 Å². The van der Waals surface area contributed by atoms with Crippen molar-refractivity contribution in [2.24, 2.45) is 7.05 Å². The maximum Gasteiger partial charge on any atom is 0.418 e. The topological polar surface area (TPSA) is 64.7 Å². The molecule has 186 valence electrons. The summed E-state index contributed by atoms with van der Waals surface area (Å²) in [7, 11) is 1.61. The van der Waals surface area contributed by atoms with Crippen LogP contribution >= 0.6 is 11.3 Å². The van der Waals surface area contributed by atoms with E-state index in [-0.39, 0.29) is 17.5 Å². The molecule has 0 unspecified atom stereocenters. The third-order valence-corrected chi connectivity index (χ3v) is 7.10. The van der Waals surface area contributed by atoms with Crippen LogP contribution in [-0.2, 0) is 18.0 Å². The summed E-state index contributed by atoms with van der Waals surface area (Å²) >= 11 is 1.35. The summed E-state index contributed by atoms with van der Waals surface area (Å²) in [5.74, 6) is 0.216. The molecular formula is C24H26F3N5O2S. The molecule has 1 aromatic carbocycles. The van der Waals surface area contributed by atoms with Gasteiger partial charge in [-0.25, -0.2) is 9.78 Å². The lowest BCUT2D eigenvalue weighted by Crippen LogP contribution is -2.41. The van der Waals surface area contributed by atoms with Gasteiger partial charge in [0, 0.05) is 50.0 Å². The van der Waals surface area contributed by atoms with E-state index in [1.54, 1.807) is 24.2 Å². The highest BCUT2D eigenvalue weighted by atomic mass is 32.1. The highest BCUT2D eigenvalue weighted by Gasteiger charge is 2.35. The molecule has 11 heteroatoms. The Hall–Kier alpha value is -3.08. The summed E-state index contributed by atoms with van der Waals surface area (Å²) in [6, 6.07) is 2.89. The second-order valence-corrected chi connectivity index (χ2v) is 11.0. The van der Waals surface area contributed by atoms with Crippen LogP contribution in [0.1, 0.15) is 50.8 Å². The summed E-state index contributed by atoms with van der Waals surface area (Å²) in [6.07, 6.45) is 2.12. The van der Waals surface area contributed by atoms with Crippen molar-refractivity contribution < 1.29 is 22.7 Å². The van der Waals surface area contributed by atoms with Gasteiger partial charge in [0.05, 0.1) is 16.1 Å². The van der Waals surface area contributed by atoms with Gasteiger partial charge in [-0.3, -0.25) is 9.08 Å². The smallest absolute Gasteiger partial charge is 0.418 e. The molecule has 1 saturated heterocycles. The van der Waals surface area contributed by atoms with Gasteiger partial charge in [0.15, 0.2) is 4.96 Å². The first kappa shape index (κ1) is 23.7. The van der Waals surface area contributed by atoms with Crippen LogP contribution in [0.2, 0.25) is 0 Å². The van der Waals surface area contributed by atoms with Gasteiger partial charge in [0.2, 0.25) is 0 Å². The number of amides is 1. The normalized spacial score (nSPS) is 15.9. The zero-order valence-electron chi connectivity index (χ0n) is 19.9. The lowest BCUT2D eigenvalue weighted by molar-refractivity contribution is -0.136. The number of carbonyl (C=O) groups excluding carboxylic acids is 1. The van der Waals surface area contributed by atoms with Crippen LogP contribution < -0.4 is 0 Å². The summed E-state index contributed by atoms with van der Waals surface area (Å²) in [5, 5.41) is 4.44. The van der Waals surface area contributed by atoms with Crippen LogP contribution in [0.3, 0.4) is 0 Å².